The van der Waals surface area contributed by atoms with E-state index in [4.69, 9.17) is 4.74 Å². The Balaban J connectivity index is 1.80. The summed E-state index contributed by atoms with van der Waals surface area (Å²) in [5, 5.41) is 3.41. The Labute approximate surface area is 102 Å². The van der Waals surface area contributed by atoms with Crippen LogP contribution >= 0.6 is 0 Å². The van der Waals surface area contributed by atoms with Crippen LogP contribution in [0.3, 0.4) is 0 Å². The van der Waals surface area contributed by atoms with E-state index in [2.05, 4.69) is 34.3 Å². The van der Waals surface area contributed by atoms with Gasteiger partial charge in [-0.3, -0.25) is 4.90 Å². The summed E-state index contributed by atoms with van der Waals surface area (Å²) in [6, 6.07) is 4.82. The van der Waals surface area contributed by atoms with Crippen LogP contribution in [0.2, 0.25) is 0 Å². The molecule has 2 N–H and O–H groups in total. The van der Waals surface area contributed by atoms with E-state index in [-0.39, 0.29) is 5.41 Å². The van der Waals surface area contributed by atoms with E-state index in [1.54, 1.807) is 0 Å². The smallest absolute Gasteiger partial charge is 0.0722 e. The first kappa shape index (κ1) is 11.3. The molecule has 0 radical (unpaired) electrons. The van der Waals surface area contributed by atoms with Crippen LogP contribution < -0.4 is 5.32 Å². The van der Waals surface area contributed by atoms with Gasteiger partial charge in [-0.05, 0) is 19.1 Å². The predicted octanol–water partition coefficient (Wildman–Crippen LogP) is 0.576. The zero-order valence-corrected chi connectivity index (χ0v) is 10.4. The first-order valence-corrected chi connectivity index (χ1v) is 6.49. The quantitative estimate of drug-likeness (QED) is 0.805. The molecule has 2 saturated heterocycles. The van der Waals surface area contributed by atoms with Gasteiger partial charge in [0.05, 0.1) is 18.6 Å². The van der Waals surface area contributed by atoms with Crippen molar-refractivity contribution in [2.24, 2.45) is 0 Å². The van der Waals surface area contributed by atoms with E-state index < -0.39 is 0 Å². The Hall–Kier alpha value is -0.840. The van der Waals surface area contributed by atoms with Gasteiger partial charge in [-0.1, -0.05) is 0 Å². The minimum atomic E-state index is 0.181. The van der Waals surface area contributed by atoms with Crippen molar-refractivity contribution in [2.75, 3.05) is 39.4 Å². The van der Waals surface area contributed by atoms with E-state index in [0.29, 0.717) is 6.04 Å². The average Bonchev–Trinajstić information content (AvgIpc) is 2.83. The van der Waals surface area contributed by atoms with Gasteiger partial charge in [0.2, 0.25) is 0 Å². The molecule has 1 unspecified atom stereocenters. The number of hydrogen-bond donors (Lipinski definition) is 2. The normalized spacial score (nSPS) is 26.4. The third-order valence-corrected chi connectivity index (χ3v) is 4.35. The fraction of sp³-hybridized carbons (Fsp3) is 0.692. The van der Waals surface area contributed by atoms with Gasteiger partial charge in [-0.25, -0.2) is 0 Å². The van der Waals surface area contributed by atoms with E-state index in [1.807, 2.05) is 6.20 Å². The van der Waals surface area contributed by atoms with Crippen LogP contribution in [0.4, 0.5) is 0 Å². The maximum atomic E-state index is 5.51. The molecular weight excluding hydrogens is 214 g/mol. The highest BCUT2D eigenvalue weighted by Crippen LogP contribution is 2.37. The molecule has 3 rings (SSSR count). The average molecular weight is 235 g/mol. The van der Waals surface area contributed by atoms with Gasteiger partial charge < -0.3 is 15.0 Å². The van der Waals surface area contributed by atoms with Crippen molar-refractivity contribution >= 4 is 0 Å². The zero-order chi connectivity index (χ0) is 11.7. The minimum absolute atomic E-state index is 0.181. The summed E-state index contributed by atoms with van der Waals surface area (Å²) in [5.41, 5.74) is 1.51. The highest BCUT2D eigenvalue weighted by Gasteiger charge is 2.48. The van der Waals surface area contributed by atoms with Gasteiger partial charge in [0.15, 0.2) is 0 Å². The number of H-pyrrole nitrogens is 1. The fourth-order valence-corrected chi connectivity index (χ4v) is 3.00. The van der Waals surface area contributed by atoms with Gasteiger partial charge in [0.25, 0.3) is 0 Å². The van der Waals surface area contributed by atoms with Crippen LogP contribution in [0.25, 0.3) is 0 Å². The molecule has 0 spiro atoms. The highest BCUT2D eigenvalue weighted by atomic mass is 16.5. The Kier molecular flexibility index (Phi) is 2.94. The summed E-state index contributed by atoms with van der Waals surface area (Å²) in [4.78, 5) is 5.96. The predicted molar refractivity (Wildman–Crippen MR) is 67.2 cm³/mol. The van der Waals surface area contributed by atoms with Gasteiger partial charge in [-0.15, -0.1) is 0 Å². The van der Waals surface area contributed by atoms with Crippen LogP contribution in [0.1, 0.15) is 12.6 Å². The molecule has 0 amide bonds. The summed E-state index contributed by atoms with van der Waals surface area (Å²) in [5.74, 6) is 0. The lowest BCUT2D eigenvalue weighted by Gasteiger charge is -2.50. The molecule has 1 aromatic heterocycles. The standard InChI is InChI=1S/C13H21N3O/c1-11(16-7-5-14-6-8-16)13(9-17-10-13)12-3-2-4-15-12/h2-4,11,14-15H,5-10H2,1H3. The molecular formula is C13H21N3O. The van der Waals surface area contributed by atoms with Crippen LogP contribution in [0.15, 0.2) is 18.3 Å². The van der Waals surface area contributed by atoms with Crippen LogP contribution in [0, 0.1) is 0 Å². The third kappa shape index (κ3) is 1.80. The van der Waals surface area contributed by atoms with E-state index in [9.17, 15) is 0 Å². The largest absolute Gasteiger partial charge is 0.379 e. The molecule has 4 heteroatoms. The third-order valence-electron chi connectivity index (χ3n) is 4.35. The SMILES string of the molecule is CC(N1CCNCC1)C1(c2ccc[nH]2)COC1. The van der Waals surface area contributed by atoms with Crippen molar-refractivity contribution in [3.63, 3.8) is 0 Å². The Morgan fingerprint density at radius 2 is 2.12 bits per heavy atom. The van der Waals surface area contributed by atoms with Crippen LogP contribution in [-0.2, 0) is 10.2 Å². The van der Waals surface area contributed by atoms with Crippen LogP contribution in [-0.4, -0.2) is 55.3 Å². The molecule has 3 heterocycles. The Bertz CT molecular complexity index is 353. The number of hydrogen-bond acceptors (Lipinski definition) is 3. The van der Waals surface area contributed by atoms with Crippen molar-refractivity contribution in [3.05, 3.63) is 24.0 Å². The van der Waals surface area contributed by atoms with E-state index in [0.717, 1.165) is 39.4 Å². The van der Waals surface area contributed by atoms with Gasteiger partial charge in [-0.2, -0.15) is 0 Å². The number of nitrogens with one attached hydrogen (secondary N) is 2. The van der Waals surface area contributed by atoms with Crippen molar-refractivity contribution < 1.29 is 4.74 Å². The van der Waals surface area contributed by atoms with Gasteiger partial charge in [0, 0.05) is 44.1 Å². The summed E-state index contributed by atoms with van der Waals surface area (Å²) in [6.07, 6.45) is 2.01. The summed E-state index contributed by atoms with van der Waals surface area (Å²) in [6.45, 7) is 8.52. The first-order chi connectivity index (χ1) is 8.33. The molecule has 2 aliphatic heterocycles. The molecule has 2 aliphatic rings. The van der Waals surface area contributed by atoms with Gasteiger partial charge >= 0.3 is 0 Å². The van der Waals surface area contributed by atoms with Crippen molar-refractivity contribution in [1.29, 1.82) is 0 Å². The second kappa shape index (κ2) is 4.44. The summed E-state index contributed by atoms with van der Waals surface area (Å²) in [7, 11) is 0. The lowest BCUT2D eigenvalue weighted by molar-refractivity contribution is -0.102. The summed E-state index contributed by atoms with van der Waals surface area (Å²) >= 11 is 0. The Morgan fingerprint density at radius 3 is 2.65 bits per heavy atom. The lowest BCUT2D eigenvalue weighted by Crippen LogP contribution is -2.62. The number of nitrogens with zero attached hydrogens (tertiary/aromatic N) is 1. The van der Waals surface area contributed by atoms with Crippen molar-refractivity contribution in [3.8, 4) is 0 Å². The molecule has 0 bridgehead atoms. The highest BCUT2D eigenvalue weighted by molar-refractivity contribution is 5.24. The molecule has 0 saturated carbocycles. The first-order valence-electron chi connectivity index (χ1n) is 6.49. The number of aromatic nitrogens is 1. The fourth-order valence-electron chi connectivity index (χ4n) is 3.00. The minimum Gasteiger partial charge on any atom is -0.379 e. The van der Waals surface area contributed by atoms with E-state index >= 15 is 0 Å². The molecule has 1 atom stereocenters. The second-order valence-corrected chi connectivity index (χ2v) is 5.19. The van der Waals surface area contributed by atoms with Crippen molar-refractivity contribution in [2.45, 2.75) is 18.4 Å². The molecule has 1 aromatic rings. The zero-order valence-electron chi connectivity index (χ0n) is 10.4. The molecule has 0 aromatic carbocycles. The van der Waals surface area contributed by atoms with Crippen molar-refractivity contribution in [1.82, 2.24) is 15.2 Å². The molecule has 17 heavy (non-hydrogen) atoms. The molecule has 94 valence electrons. The maximum absolute atomic E-state index is 5.51. The monoisotopic (exact) mass is 235 g/mol. The topological polar surface area (TPSA) is 40.3 Å². The van der Waals surface area contributed by atoms with Crippen LogP contribution in [0.5, 0.6) is 0 Å². The molecule has 2 fully saturated rings. The number of ether oxygens (including phenoxy) is 1. The second-order valence-electron chi connectivity index (χ2n) is 5.19. The van der Waals surface area contributed by atoms with Gasteiger partial charge in [0.1, 0.15) is 0 Å². The maximum Gasteiger partial charge on any atom is 0.0722 e. The lowest BCUT2D eigenvalue weighted by atomic mass is 9.75. The number of aromatic amines is 1. The summed E-state index contributed by atoms with van der Waals surface area (Å²) < 4.78 is 5.51. The number of piperazine rings is 1. The Morgan fingerprint density at radius 1 is 1.35 bits per heavy atom. The molecule has 4 nitrogen and oxygen atoms in total. The number of rotatable bonds is 3. The molecule has 0 aliphatic carbocycles. The van der Waals surface area contributed by atoms with E-state index in [1.165, 1.54) is 5.69 Å².